The van der Waals surface area contributed by atoms with E-state index in [1.54, 1.807) is 23.0 Å². The molecular weight excluding hydrogens is 374 g/mol. The predicted molar refractivity (Wildman–Crippen MR) is 109 cm³/mol. The predicted octanol–water partition coefficient (Wildman–Crippen LogP) is 4.28. The molecule has 2 heterocycles. The Balaban J connectivity index is 1.52. The van der Waals surface area contributed by atoms with E-state index in [4.69, 9.17) is 4.74 Å². The van der Waals surface area contributed by atoms with Crippen LogP contribution >= 0.6 is 11.3 Å². The van der Waals surface area contributed by atoms with Crippen LogP contribution in [-0.2, 0) is 0 Å². The molecule has 0 fully saturated rings. The first kappa shape index (κ1) is 18.1. The number of aromatic nitrogens is 4. The summed E-state index contributed by atoms with van der Waals surface area (Å²) in [5.41, 5.74) is 2.15. The number of nitrogens with one attached hydrogen (secondary N) is 1. The van der Waals surface area contributed by atoms with Crippen LogP contribution in [0.3, 0.4) is 0 Å². The second-order valence-corrected chi connectivity index (χ2v) is 7.32. The topological polar surface area (TPSA) is 81.4 Å². The molecule has 4 rings (SSSR count). The van der Waals surface area contributed by atoms with Gasteiger partial charge in [0.05, 0.1) is 6.10 Å². The van der Waals surface area contributed by atoms with Crippen LogP contribution in [-0.4, -0.2) is 31.8 Å². The summed E-state index contributed by atoms with van der Waals surface area (Å²) in [5.74, 6) is 0.500. The fourth-order valence-electron chi connectivity index (χ4n) is 2.64. The summed E-state index contributed by atoms with van der Waals surface area (Å²) in [6, 6.07) is 14.8. The summed E-state index contributed by atoms with van der Waals surface area (Å²) in [4.78, 5) is 13.4. The van der Waals surface area contributed by atoms with Crippen LogP contribution in [0, 0.1) is 0 Å². The molecule has 0 saturated heterocycles. The molecule has 1 amide bonds. The number of carbonyl (C=O) groups excluding carboxylic acids is 1. The lowest BCUT2D eigenvalue weighted by Crippen LogP contribution is -2.13. The van der Waals surface area contributed by atoms with Gasteiger partial charge in [-0.25, -0.2) is 0 Å². The summed E-state index contributed by atoms with van der Waals surface area (Å²) < 4.78 is 7.44. The highest BCUT2D eigenvalue weighted by Crippen LogP contribution is 2.27. The van der Waals surface area contributed by atoms with Gasteiger partial charge in [-0.15, -0.1) is 10.2 Å². The number of rotatable bonds is 6. The Bertz CT molecular complexity index is 1090. The zero-order chi connectivity index (χ0) is 19.5. The van der Waals surface area contributed by atoms with Crippen molar-refractivity contribution in [2.45, 2.75) is 26.4 Å². The zero-order valence-corrected chi connectivity index (χ0v) is 16.3. The van der Waals surface area contributed by atoms with Crippen molar-refractivity contribution in [1.29, 1.82) is 0 Å². The number of hydrogen-bond donors (Lipinski definition) is 1. The lowest BCUT2D eigenvalue weighted by molar-refractivity contribution is 0.102. The van der Waals surface area contributed by atoms with E-state index < -0.39 is 0 Å². The largest absolute Gasteiger partial charge is 0.491 e. The first-order chi connectivity index (χ1) is 13.6. The van der Waals surface area contributed by atoms with Gasteiger partial charge < -0.3 is 10.1 Å². The normalized spacial score (nSPS) is 12.1. The number of fused-ring (bicyclic) bond motifs is 1. The minimum atomic E-state index is -0.190. The number of amides is 1. The molecule has 0 spiro atoms. The average molecular weight is 393 g/mol. The summed E-state index contributed by atoms with van der Waals surface area (Å²) >= 11 is 1.44. The van der Waals surface area contributed by atoms with Gasteiger partial charge in [0.1, 0.15) is 17.1 Å². The monoisotopic (exact) mass is 393 g/mol. The molecule has 7 nitrogen and oxygen atoms in total. The van der Waals surface area contributed by atoms with Crippen molar-refractivity contribution >= 4 is 27.9 Å². The quantitative estimate of drug-likeness (QED) is 0.529. The van der Waals surface area contributed by atoms with Crippen LogP contribution in [0.4, 0.5) is 5.69 Å². The van der Waals surface area contributed by atoms with E-state index in [1.165, 1.54) is 11.3 Å². The molecule has 142 valence electrons. The van der Waals surface area contributed by atoms with Crippen molar-refractivity contribution in [3.05, 3.63) is 60.4 Å². The minimum absolute atomic E-state index is 0.101. The Kier molecular flexibility index (Phi) is 5.03. The molecule has 0 aliphatic carbocycles. The molecule has 1 atom stereocenters. The highest BCUT2D eigenvalue weighted by molar-refractivity contribution is 7.19. The molecular formula is C20H19N5O2S. The van der Waals surface area contributed by atoms with Gasteiger partial charge in [0.2, 0.25) is 4.96 Å². The van der Waals surface area contributed by atoms with E-state index in [1.807, 2.05) is 43.3 Å². The molecule has 2 aromatic heterocycles. The van der Waals surface area contributed by atoms with Crippen LogP contribution in [0.5, 0.6) is 5.75 Å². The lowest BCUT2D eigenvalue weighted by atomic mass is 10.1. The highest BCUT2D eigenvalue weighted by Gasteiger charge is 2.11. The summed E-state index contributed by atoms with van der Waals surface area (Å²) in [5, 5.41) is 16.0. The minimum Gasteiger partial charge on any atom is -0.491 e. The number of carbonyl (C=O) groups is 1. The fraction of sp³-hybridized carbons (Fsp3) is 0.200. The Hall–Kier alpha value is -3.26. The van der Waals surface area contributed by atoms with Crippen molar-refractivity contribution in [3.8, 4) is 16.3 Å². The standard InChI is InChI=1S/C20H19N5O2S/c1-3-13(2)27-17-9-5-6-14(11-17)18(26)22-16-8-4-7-15(10-16)19-24-25-12-21-23-20(25)28-19/h4-13H,3H2,1-2H3,(H,22,26). The number of benzene rings is 2. The van der Waals surface area contributed by atoms with Crippen molar-refractivity contribution in [1.82, 2.24) is 19.8 Å². The maximum atomic E-state index is 12.7. The maximum Gasteiger partial charge on any atom is 0.255 e. The van der Waals surface area contributed by atoms with Gasteiger partial charge in [-0.05, 0) is 43.7 Å². The van der Waals surface area contributed by atoms with Gasteiger partial charge in [0, 0.05) is 16.8 Å². The summed E-state index contributed by atoms with van der Waals surface area (Å²) in [6.45, 7) is 4.06. The maximum absolute atomic E-state index is 12.7. The van der Waals surface area contributed by atoms with E-state index >= 15 is 0 Å². The molecule has 4 aromatic rings. The second-order valence-electron chi connectivity index (χ2n) is 6.36. The van der Waals surface area contributed by atoms with E-state index in [0.29, 0.717) is 17.0 Å². The molecule has 0 aliphatic heterocycles. The molecule has 8 heteroatoms. The van der Waals surface area contributed by atoms with Crippen molar-refractivity contribution < 1.29 is 9.53 Å². The Morgan fingerprint density at radius 2 is 2.11 bits per heavy atom. The molecule has 1 unspecified atom stereocenters. The smallest absolute Gasteiger partial charge is 0.255 e. The molecule has 0 aliphatic rings. The third-order valence-electron chi connectivity index (χ3n) is 4.26. The number of ether oxygens (including phenoxy) is 1. The molecule has 0 saturated carbocycles. The summed E-state index contributed by atoms with van der Waals surface area (Å²) in [6.07, 6.45) is 2.57. The van der Waals surface area contributed by atoms with Gasteiger partial charge in [-0.1, -0.05) is 36.5 Å². The van der Waals surface area contributed by atoms with Crippen LogP contribution in [0.2, 0.25) is 0 Å². The summed E-state index contributed by atoms with van der Waals surface area (Å²) in [7, 11) is 0. The van der Waals surface area contributed by atoms with Gasteiger partial charge >= 0.3 is 0 Å². The van der Waals surface area contributed by atoms with Crippen molar-refractivity contribution in [3.63, 3.8) is 0 Å². The van der Waals surface area contributed by atoms with E-state index in [-0.39, 0.29) is 12.0 Å². The van der Waals surface area contributed by atoms with E-state index in [9.17, 15) is 4.79 Å². The van der Waals surface area contributed by atoms with E-state index in [0.717, 1.165) is 22.0 Å². The zero-order valence-electron chi connectivity index (χ0n) is 15.5. The number of nitrogens with zero attached hydrogens (tertiary/aromatic N) is 4. The van der Waals surface area contributed by atoms with Gasteiger partial charge in [0.25, 0.3) is 5.91 Å². The average Bonchev–Trinajstić information content (AvgIpc) is 3.30. The SMILES string of the molecule is CCC(C)Oc1cccc(C(=O)Nc2cccc(-c3nn4cnnc4s3)c2)c1. The Morgan fingerprint density at radius 3 is 2.93 bits per heavy atom. The van der Waals surface area contributed by atoms with Crippen LogP contribution in [0.1, 0.15) is 30.6 Å². The fourth-order valence-corrected chi connectivity index (χ4v) is 3.45. The van der Waals surface area contributed by atoms with E-state index in [2.05, 4.69) is 27.5 Å². The van der Waals surface area contributed by atoms with Gasteiger partial charge in [0.15, 0.2) is 0 Å². The highest BCUT2D eigenvalue weighted by atomic mass is 32.1. The first-order valence-electron chi connectivity index (χ1n) is 8.97. The second kappa shape index (κ2) is 7.77. The van der Waals surface area contributed by atoms with Gasteiger partial charge in [-0.3, -0.25) is 4.79 Å². The molecule has 1 N–H and O–H groups in total. The van der Waals surface area contributed by atoms with Crippen molar-refractivity contribution in [2.75, 3.05) is 5.32 Å². The van der Waals surface area contributed by atoms with Crippen LogP contribution in [0.25, 0.3) is 15.5 Å². The number of hydrogen-bond acceptors (Lipinski definition) is 6. The molecule has 28 heavy (non-hydrogen) atoms. The number of anilines is 1. The third-order valence-corrected chi connectivity index (χ3v) is 5.22. The molecule has 2 aromatic carbocycles. The van der Waals surface area contributed by atoms with Gasteiger partial charge in [-0.2, -0.15) is 9.61 Å². The first-order valence-corrected chi connectivity index (χ1v) is 9.79. The Morgan fingerprint density at radius 1 is 1.25 bits per heavy atom. The van der Waals surface area contributed by atoms with Crippen LogP contribution in [0.15, 0.2) is 54.9 Å². The van der Waals surface area contributed by atoms with Crippen LogP contribution < -0.4 is 10.1 Å². The molecule has 0 bridgehead atoms. The Labute approximate surface area is 166 Å². The lowest BCUT2D eigenvalue weighted by Gasteiger charge is -2.13. The molecule has 0 radical (unpaired) electrons. The third kappa shape index (κ3) is 3.86. The van der Waals surface area contributed by atoms with Crippen molar-refractivity contribution in [2.24, 2.45) is 0 Å².